The number of hydrogen-bond donors (Lipinski definition) is 2. The van der Waals surface area contributed by atoms with Crippen molar-refractivity contribution < 1.29 is 14.6 Å². The molecule has 0 saturated carbocycles. The van der Waals surface area contributed by atoms with Crippen LogP contribution < -0.4 is 5.32 Å². The predicted octanol–water partition coefficient (Wildman–Crippen LogP) is 5.52. The molecule has 0 aromatic heterocycles. The molecule has 130 valence electrons. The molecule has 4 rings (SSSR count). The minimum absolute atomic E-state index is 0.0245. The summed E-state index contributed by atoms with van der Waals surface area (Å²) in [6.07, 6.45) is -0.529. The molecular weight excluding hydrogens is 394 g/mol. The van der Waals surface area contributed by atoms with Gasteiger partial charge in [0.2, 0.25) is 0 Å². The lowest BCUT2D eigenvalue weighted by Crippen LogP contribution is -2.18. The van der Waals surface area contributed by atoms with Crippen LogP contribution in [0.15, 0.2) is 71.2 Å². The van der Waals surface area contributed by atoms with Crippen LogP contribution in [0, 0.1) is 0 Å². The third-order valence-corrected chi connectivity index (χ3v) is 5.19. The van der Waals surface area contributed by atoms with E-state index >= 15 is 0 Å². The van der Waals surface area contributed by atoms with Crippen molar-refractivity contribution in [1.29, 1.82) is 0 Å². The van der Waals surface area contributed by atoms with E-state index in [0.29, 0.717) is 10.2 Å². The fourth-order valence-corrected chi connectivity index (χ4v) is 3.82. The molecule has 1 aliphatic rings. The summed E-state index contributed by atoms with van der Waals surface area (Å²) in [5, 5.41) is 12.1. The highest BCUT2D eigenvalue weighted by molar-refractivity contribution is 9.10. The second-order valence-corrected chi connectivity index (χ2v) is 6.97. The quantitative estimate of drug-likeness (QED) is 0.560. The third-order valence-electron chi connectivity index (χ3n) is 4.53. The Balaban J connectivity index is 1.50. The maximum absolute atomic E-state index is 12.2. The normalized spacial score (nSPS) is 12.3. The molecule has 2 N–H and O–H groups in total. The second-order valence-electron chi connectivity index (χ2n) is 6.11. The van der Waals surface area contributed by atoms with E-state index in [1.54, 1.807) is 6.07 Å². The molecule has 0 atom stereocenters. The van der Waals surface area contributed by atoms with E-state index in [2.05, 4.69) is 45.5 Å². The topological polar surface area (TPSA) is 58.6 Å². The lowest BCUT2D eigenvalue weighted by atomic mass is 9.98. The van der Waals surface area contributed by atoms with Crippen molar-refractivity contribution in [2.75, 3.05) is 11.9 Å². The first kappa shape index (κ1) is 16.7. The van der Waals surface area contributed by atoms with Crippen LogP contribution in [0.2, 0.25) is 0 Å². The van der Waals surface area contributed by atoms with Crippen LogP contribution in [0.25, 0.3) is 11.1 Å². The lowest BCUT2D eigenvalue weighted by molar-refractivity contribution is 0.158. The van der Waals surface area contributed by atoms with E-state index in [0.717, 1.165) is 0 Å². The zero-order valence-corrected chi connectivity index (χ0v) is 15.4. The van der Waals surface area contributed by atoms with E-state index < -0.39 is 6.09 Å². The third kappa shape index (κ3) is 3.06. The average molecular weight is 410 g/mol. The van der Waals surface area contributed by atoms with Gasteiger partial charge in [0.05, 0.1) is 5.69 Å². The molecule has 0 fully saturated rings. The Labute approximate surface area is 159 Å². The number of fused-ring (bicyclic) bond motifs is 3. The fourth-order valence-electron chi connectivity index (χ4n) is 3.35. The number of nitrogens with one attached hydrogen (secondary N) is 1. The molecule has 0 heterocycles. The summed E-state index contributed by atoms with van der Waals surface area (Å²) in [6, 6.07) is 21.0. The van der Waals surface area contributed by atoms with Crippen molar-refractivity contribution in [2.24, 2.45) is 0 Å². The number of amides is 1. The van der Waals surface area contributed by atoms with Gasteiger partial charge in [-0.1, -0.05) is 48.5 Å². The summed E-state index contributed by atoms with van der Waals surface area (Å²) in [4.78, 5) is 12.2. The van der Waals surface area contributed by atoms with Crippen molar-refractivity contribution in [3.8, 4) is 16.9 Å². The highest BCUT2D eigenvalue weighted by Crippen LogP contribution is 2.44. The van der Waals surface area contributed by atoms with Crippen LogP contribution in [0.5, 0.6) is 5.75 Å². The molecule has 0 saturated heterocycles. The first-order chi connectivity index (χ1) is 12.6. The number of ether oxygens (including phenoxy) is 1. The predicted molar refractivity (Wildman–Crippen MR) is 104 cm³/mol. The van der Waals surface area contributed by atoms with Gasteiger partial charge in [-0.15, -0.1) is 0 Å². The van der Waals surface area contributed by atoms with Gasteiger partial charge in [-0.2, -0.15) is 0 Å². The Morgan fingerprint density at radius 3 is 2.23 bits per heavy atom. The average Bonchev–Trinajstić information content (AvgIpc) is 2.96. The number of carbonyl (C=O) groups is 1. The minimum Gasteiger partial charge on any atom is -0.508 e. The maximum atomic E-state index is 12.2. The molecule has 0 spiro atoms. The van der Waals surface area contributed by atoms with Gasteiger partial charge in [0.25, 0.3) is 0 Å². The Bertz CT molecular complexity index is 941. The number of anilines is 1. The highest BCUT2D eigenvalue weighted by atomic mass is 79.9. The number of hydrogen-bond acceptors (Lipinski definition) is 3. The second kappa shape index (κ2) is 6.84. The van der Waals surface area contributed by atoms with Crippen molar-refractivity contribution >= 4 is 27.7 Å². The molecule has 0 unspecified atom stereocenters. The van der Waals surface area contributed by atoms with Crippen LogP contribution in [-0.4, -0.2) is 17.8 Å². The molecule has 5 heteroatoms. The van der Waals surface area contributed by atoms with Crippen LogP contribution >= 0.6 is 15.9 Å². The largest absolute Gasteiger partial charge is 0.508 e. The van der Waals surface area contributed by atoms with Crippen LogP contribution in [0.3, 0.4) is 0 Å². The molecule has 4 nitrogen and oxygen atoms in total. The van der Waals surface area contributed by atoms with E-state index in [-0.39, 0.29) is 18.3 Å². The molecule has 1 amide bonds. The van der Waals surface area contributed by atoms with E-state index in [1.807, 2.05) is 24.3 Å². The number of halogens is 1. The number of rotatable bonds is 3. The van der Waals surface area contributed by atoms with E-state index in [4.69, 9.17) is 4.74 Å². The number of phenols is 1. The maximum Gasteiger partial charge on any atom is 0.411 e. The number of phenolic OH excluding ortho intramolecular Hbond substituents is 1. The molecule has 1 aliphatic carbocycles. The van der Waals surface area contributed by atoms with Crippen LogP contribution in [0.4, 0.5) is 10.5 Å². The summed E-state index contributed by atoms with van der Waals surface area (Å²) in [5.41, 5.74) is 5.27. The van der Waals surface area contributed by atoms with Gasteiger partial charge < -0.3 is 9.84 Å². The molecule has 0 bridgehead atoms. The zero-order valence-electron chi connectivity index (χ0n) is 13.8. The first-order valence-electron chi connectivity index (χ1n) is 8.24. The van der Waals surface area contributed by atoms with E-state index in [9.17, 15) is 9.90 Å². The molecule has 3 aromatic carbocycles. The number of aromatic hydroxyl groups is 1. The van der Waals surface area contributed by atoms with Gasteiger partial charge in [0.1, 0.15) is 12.4 Å². The van der Waals surface area contributed by atoms with Gasteiger partial charge in [-0.3, -0.25) is 5.32 Å². The fraction of sp³-hybridized carbons (Fsp3) is 0.0952. The molecular formula is C21H16BrNO3. The smallest absolute Gasteiger partial charge is 0.411 e. The van der Waals surface area contributed by atoms with Crippen LogP contribution in [-0.2, 0) is 4.74 Å². The summed E-state index contributed by atoms with van der Waals surface area (Å²) in [6.45, 7) is 0.259. The summed E-state index contributed by atoms with van der Waals surface area (Å²) in [7, 11) is 0. The van der Waals surface area contributed by atoms with Gasteiger partial charge in [0, 0.05) is 10.4 Å². The molecule has 3 aromatic rings. The first-order valence-corrected chi connectivity index (χ1v) is 9.03. The standard InChI is InChI=1S/C21H16BrNO3/c22-19-11-13(24)9-10-20(19)23-21(25)26-12-18-16-7-3-1-5-14(16)15-6-2-4-8-17(15)18/h1-11,18,24H,12H2,(H,23,25). The number of benzene rings is 3. The Hall–Kier alpha value is -2.79. The summed E-state index contributed by atoms with van der Waals surface area (Å²) < 4.78 is 6.08. The van der Waals surface area contributed by atoms with Crippen molar-refractivity contribution in [1.82, 2.24) is 0 Å². The molecule has 0 radical (unpaired) electrons. The Morgan fingerprint density at radius 1 is 1.00 bits per heavy atom. The zero-order chi connectivity index (χ0) is 18.1. The summed E-state index contributed by atoms with van der Waals surface area (Å²) in [5.74, 6) is 0.145. The molecule has 0 aliphatic heterocycles. The van der Waals surface area contributed by atoms with Gasteiger partial charge >= 0.3 is 6.09 Å². The van der Waals surface area contributed by atoms with Gasteiger partial charge in [-0.25, -0.2) is 4.79 Å². The SMILES string of the molecule is O=C(Nc1ccc(O)cc1Br)OCC1c2ccccc2-c2ccccc21. The van der Waals surface area contributed by atoms with Crippen molar-refractivity contribution in [2.45, 2.75) is 5.92 Å². The lowest BCUT2D eigenvalue weighted by Gasteiger charge is -2.15. The minimum atomic E-state index is -0.529. The van der Waals surface area contributed by atoms with Crippen LogP contribution in [0.1, 0.15) is 17.0 Å². The van der Waals surface area contributed by atoms with E-state index in [1.165, 1.54) is 34.4 Å². The number of carbonyl (C=O) groups excluding carboxylic acids is 1. The van der Waals surface area contributed by atoms with Crippen molar-refractivity contribution in [3.05, 3.63) is 82.3 Å². The highest BCUT2D eigenvalue weighted by Gasteiger charge is 2.29. The Morgan fingerprint density at radius 2 is 1.62 bits per heavy atom. The summed E-state index contributed by atoms with van der Waals surface area (Å²) >= 11 is 3.31. The van der Waals surface area contributed by atoms with Gasteiger partial charge in [0.15, 0.2) is 0 Å². The van der Waals surface area contributed by atoms with Crippen molar-refractivity contribution in [3.63, 3.8) is 0 Å². The van der Waals surface area contributed by atoms with Gasteiger partial charge in [-0.05, 0) is 56.4 Å². The monoisotopic (exact) mass is 409 g/mol. The molecule has 26 heavy (non-hydrogen) atoms. The Kier molecular flexibility index (Phi) is 4.39.